The number of benzene rings is 1. The summed E-state index contributed by atoms with van der Waals surface area (Å²) >= 11 is 0. The number of rotatable bonds is 5. The molecule has 2 aromatic rings. The van der Waals surface area contributed by atoms with E-state index in [1.807, 2.05) is 39.0 Å². The molecule has 1 aliphatic heterocycles. The Labute approximate surface area is 178 Å². The van der Waals surface area contributed by atoms with Crippen molar-refractivity contribution in [2.45, 2.75) is 72.4 Å². The van der Waals surface area contributed by atoms with E-state index in [0.717, 1.165) is 46.9 Å². The highest BCUT2D eigenvalue weighted by Crippen LogP contribution is 2.37. The monoisotopic (exact) mass is 412 g/mol. The van der Waals surface area contributed by atoms with Crippen LogP contribution in [0.3, 0.4) is 0 Å². The van der Waals surface area contributed by atoms with Gasteiger partial charge < -0.3 is 18.9 Å². The summed E-state index contributed by atoms with van der Waals surface area (Å²) < 4.78 is 16.4. The van der Waals surface area contributed by atoms with Gasteiger partial charge in [0, 0.05) is 18.2 Å². The fourth-order valence-electron chi connectivity index (χ4n) is 5.07. The van der Waals surface area contributed by atoms with Crippen molar-refractivity contribution in [1.29, 1.82) is 0 Å². The van der Waals surface area contributed by atoms with Gasteiger partial charge in [-0.2, -0.15) is 0 Å². The average Bonchev–Trinajstić information content (AvgIpc) is 3.33. The van der Waals surface area contributed by atoms with Gasteiger partial charge in [-0.3, -0.25) is 4.79 Å². The third-order valence-electron chi connectivity index (χ3n) is 7.03. The second kappa shape index (κ2) is 8.32. The number of aryl methyl sites for hydroxylation is 2. The third-order valence-corrected chi connectivity index (χ3v) is 7.03. The van der Waals surface area contributed by atoms with Gasteiger partial charge in [0.15, 0.2) is 11.5 Å². The van der Waals surface area contributed by atoms with Gasteiger partial charge in [0.25, 0.3) is 0 Å². The van der Waals surface area contributed by atoms with Crippen LogP contribution in [-0.2, 0) is 11.3 Å². The highest BCUT2D eigenvalue weighted by molar-refractivity contribution is 5.84. The van der Waals surface area contributed by atoms with Crippen molar-refractivity contribution in [2.24, 2.45) is 11.8 Å². The van der Waals surface area contributed by atoms with Gasteiger partial charge in [0.2, 0.25) is 12.7 Å². The highest BCUT2D eigenvalue weighted by Gasteiger charge is 2.37. The molecule has 6 nitrogen and oxygen atoms in total. The van der Waals surface area contributed by atoms with Gasteiger partial charge >= 0.3 is 0 Å². The first-order valence-electron chi connectivity index (χ1n) is 11.0. The number of hydrogen-bond acceptors (Lipinski definition) is 5. The van der Waals surface area contributed by atoms with Gasteiger partial charge in [0.1, 0.15) is 5.76 Å². The molecule has 2 heterocycles. The molecule has 30 heavy (non-hydrogen) atoms. The Bertz CT molecular complexity index is 902. The molecule has 1 amide bonds. The van der Waals surface area contributed by atoms with E-state index in [4.69, 9.17) is 14.0 Å². The van der Waals surface area contributed by atoms with Crippen LogP contribution in [0.15, 0.2) is 22.7 Å². The SMILES string of the molecule is Cc1noc(C)c1[C@H](C)C(=O)N(Cc1ccc2c(c1)OCO2)[C@@H]1CCC[C@@H](C)[C@@H]1C. The van der Waals surface area contributed by atoms with Crippen LogP contribution < -0.4 is 9.47 Å². The smallest absolute Gasteiger partial charge is 0.231 e. The first-order valence-corrected chi connectivity index (χ1v) is 11.0. The normalized spacial score (nSPS) is 24.0. The maximum Gasteiger partial charge on any atom is 0.231 e. The summed E-state index contributed by atoms with van der Waals surface area (Å²) in [6.45, 7) is 11.2. The summed E-state index contributed by atoms with van der Waals surface area (Å²) in [6.07, 6.45) is 3.42. The highest BCUT2D eigenvalue weighted by atomic mass is 16.7. The molecule has 4 rings (SSSR count). The molecule has 0 bridgehead atoms. The number of carbonyl (C=O) groups excluding carboxylic acids is 1. The zero-order valence-corrected chi connectivity index (χ0v) is 18.6. The molecule has 162 valence electrons. The largest absolute Gasteiger partial charge is 0.454 e. The minimum atomic E-state index is -0.297. The van der Waals surface area contributed by atoms with Gasteiger partial charge in [-0.05, 0) is 56.7 Å². The van der Waals surface area contributed by atoms with Gasteiger partial charge in [-0.15, -0.1) is 0 Å². The molecule has 1 aliphatic carbocycles. The fraction of sp³-hybridized carbons (Fsp3) is 0.583. The minimum absolute atomic E-state index is 0.132. The summed E-state index contributed by atoms with van der Waals surface area (Å²) in [7, 11) is 0. The van der Waals surface area contributed by atoms with E-state index in [9.17, 15) is 4.79 Å². The number of nitrogens with zero attached hydrogens (tertiary/aromatic N) is 2. The zero-order chi connectivity index (χ0) is 21.4. The second-order valence-corrected chi connectivity index (χ2v) is 8.95. The number of carbonyl (C=O) groups is 1. The van der Waals surface area contributed by atoms with E-state index in [1.54, 1.807) is 0 Å². The van der Waals surface area contributed by atoms with E-state index in [0.29, 0.717) is 18.4 Å². The average molecular weight is 413 g/mol. The predicted molar refractivity (Wildman–Crippen MR) is 113 cm³/mol. The summed E-state index contributed by atoms with van der Waals surface area (Å²) in [6, 6.07) is 6.19. The lowest BCUT2D eigenvalue weighted by Crippen LogP contribution is -2.48. The maximum atomic E-state index is 13.8. The van der Waals surface area contributed by atoms with Crippen molar-refractivity contribution in [3.05, 3.63) is 40.8 Å². The molecule has 6 heteroatoms. The molecule has 1 fully saturated rings. The number of ether oxygens (including phenoxy) is 2. The Balaban J connectivity index is 1.65. The molecule has 0 saturated heterocycles. The van der Waals surface area contributed by atoms with Crippen molar-refractivity contribution in [1.82, 2.24) is 10.1 Å². The lowest BCUT2D eigenvalue weighted by atomic mass is 9.76. The van der Waals surface area contributed by atoms with Crippen LogP contribution in [0.2, 0.25) is 0 Å². The molecule has 4 atom stereocenters. The fourth-order valence-corrected chi connectivity index (χ4v) is 5.07. The zero-order valence-electron chi connectivity index (χ0n) is 18.6. The lowest BCUT2D eigenvalue weighted by Gasteiger charge is -2.42. The minimum Gasteiger partial charge on any atom is -0.454 e. The molecule has 0 spiro atoms. The van der Waals surface area contributed by atoms with E-state index >= 15 is 0 Å². The Kier molecular flexibility index (Phi) is 5.76. The summed E-state index contributed by atoms with van der Waals surface area (Å²) in [4.78, 5) is 15.9. The predicted octanol–water partition coefficient (Wildman–Crippen LogP) is 4.98. The molecule has 2 aliphatic rings. The standard InChI is InChI=1S/C24H32N2O4/c1-14-7-6-8-20(15(14)2)26(12-19-9-10-21-22(11-19)29-13-28-21)24(27)16(3)23-17(4)25-30-18(23)5/h9-11,14-16,20H,6-8,12-13H2,1-5H3/t14-,15+,16+,20-/m1/s1. The van der Waals surface area contributed by atoms with E-state index in [1.165, 1.54) is 6.42 Å². The van der Waals surface area contributed by atoms with Crippen molar-refractivity contribution >= 4 is 5.91 Å². The first kappa shape index (κ1) is 20.8. The summed E-state index contributed by atoms with van der Waals surface area (Å²) in [5.74, 6) is 3.13. The summed E-state index contributed by atoms with van der Waals surface area (Å²) in [5.41, 5.74) is 2.76. The van der Waals surface area contributed by atoms with Crippen LogP contribution in [-0.4, -0.2) is 28.8 Å². The van der Waals surface area contributed by atoms with Crippen LogP contribution in [0.1, 0.15) is 68.5 Å². The van der Waals surface area contributed by atoms with Crippen LogP contribution in [0.25, 0.3) is 0 Å². The molecule has 1 saturated carbocycles. The van der Waals surface area contributed by atoms with Gasteiger partial charge in [0.05, 0.1) is 11.6 Å². The number of aromatic nitrogens is 1. The first-order chi connectivity index (χ1) is 14.4. The molecule has 1 aromatic carbocycles. The third kappa shape index (κ3) is 3.80. The Hall–Kier alpha value is -2.50. The van der Waals surface area contributed by atoms with Crippen molar-refractivity contribution in [3.8, 4) is 11.5 Å². The molecule has 0 N–H and O–H groups in total. The maximum absolute atomic E-state index is 13.8. The van der Waals surface area contributed by atoms with Crippen molar-refractivity contribution in [3.63, 3.8) is 0 Å². The van der Waals surface area contributed by atoms with E-state index in [2.05, 4.69) is 23.9 Å². The Morgan fingerprint density at radius 3 is 2.70 bits per heavy atom. The number of hydrogen-bond donors (Lipinski definition) is 0. The van der Waals surface area contributed by atoms with Crippen molar-refractivity contribution < 1.29 is 18.8 Å². The second-order valence-electron chi connectivity index (χ2n) is 8.95. The molecule has 0 radical (unpaired) electrons. The van der Waals surface area contributed by atoms with Crippen LogP contribution in [0.5, 0.6) is 11.5 Å². The number of fused-ring (bicyclic) bond motifs is 1. The van der Waals surface area contributed by atoms with Crippen LogP contribution in [0, 0.1) is 25.7 Å². The van der Waals surface area contributed by atoms with E-state index in [-0.39, 0.29) is 24.7 Å². The Morgan fingerprint density at radius 2 is 1.97 bits per heavy atom. The molecular formula is C24H32N2O4. The molecular weight excluding hydrogens is 380 g/mol. The Morgan fingerprint density at radius 1 is 1.20 bits per heavy atom. The van der Waals surface area contributed by atoms with Crippen LogP contribution in [0.4, 0.5) is 0 Å². The summed E-state index contributed by atoms with van der Waals surface area (Å²) in [5, 5.41) is 4.07. The quantitative estimate of drug-likeness (QED) is 0.693. The van der Waals surface area contributed by atoms with Gasteiger partial charge in [-0.25, -0.2) is 0 Å². The molecule has 1 aromatic heterocycles. The van der Waals surface area contributed by atoms with Crippen molar-refractivity contribution in [2.75, 3.05) is 6.79 Å². The van der Waals surface area contributed by atoms with Gasteiger partial charge in [-0.1, -0.05) is 37.9 Å². The van der Waals surface area contributed by atoms with Crippen LogP contribution >= 0.6 is 0 Å². The molecule has 0 unspecified atom stereocenters. The topological polar surface area (TPSA) is 64.8 Å². The number of amides is 1. The lowest BCUT2D eigenvalue weighted by molar-refractivity contribution is -0.138. The van der Waals surface area contributed by atoms with E-state index < -0.39 is 0 Å².